The van der Waals surface area contributed by atoms with Crippen LogP contribution in [0.2, 0.25) is 0 Å². The molecule has 0 heterocycles. The largest absolute Gasteiger partial charge is 1.00 e. The summed E-state index contributed by atoms with van der Waals surface area (Å²) in [5.74, 6) is 2.43. The molecule has 0 spiro atoms. The Bertz CT molecular complexity index is 1490. The second-order valence-corrected chi connectivity index (χ2v) is 12.8. The molecule has 0 radical (unpaired) electrons. The lowest BCUT2D eigenvalue weighted by molar-refractivity contribution is -0.0000159. The summed E-state index contributed by atoms with van der Waals surface area (Å²) in [5, 5.41) is 3.28. The third-order valence-corrected chi connectivity index (χ3v) is 11.6. The minimum atomic E-state index is -2.49. The molecule has 0 bridgehead atoms. The van der Waals surface area contributed by atoms with E-state index >= 15 is 0 Å². The molecule has 5 aromatic carbocycles. The Morgan fingerprint density at radius 1 is 0.512 bits per heavy atom. The van der Waals surface area contributed by atoms with Gasteiger partial charge < -0.3 is 31.2 Å². The Morgan fingerprint density at radius 2 is 0.878 bits per heavy atom. The molecule has 0 aliphatic rings. The van der Waals surface area contributed by atoms with Crippen molar-refractivity contribution in [2.45, 2.75) is 6.16 Å². The third kappa shape index (κ3) is 5.93. The van der Waals surface area contributed by atoms with Crippen molar-refractivity contribution in [3.63, 3.8) is 0 Å². The van der Waals surface area contributed by atoms with Gasteiger partial charge in [0, 0.05) is 11.1 Å². The number of ketones is 1. The van der Waals surface area contributed by atoms with E-state index in [1.165, 1.54) is 0 Å². The van der Waals surface area contributed by atoms with Gasteiger partial charge in [-0.25, -0.2) is 0 Å². The fraction of sp³-hybridized carbons (Fsp3) is 0.114. The molecule has 0 saturated carbocycles. The fourth-order valence-electron chi connectivity index (χ4n) is 5.27. The second-order valence-electron chi connectivity index (χ2n) is 9.38. The van der Waals surface area contributed by atoms with Gasteiger partial charge in [-0.3, -0.25) is 4.79 Å². The molecule has 0 aromatic heterocycles. The second kappa shape index (κ2) is 13.6. The molecule has 5 aromatic rings. The lowest BCUT2D eigenvalue weighted by atomic mass is 10.0. The van der Waals surface area contributed by atoms with E-state index in [1.807, 2.05) is 78.9 Å². The zero-order chi connectivity index (χ0) is 28.0. The van der Waals surface area contributed by atoms with Crippen LogP contribution in [-0.4, -0.2) is 27.1 Å². The van der Waals surface area contributed by atoms with Crippen LogP contribution in [0.3, 0.4) is 0 Å². The number of para-hydroxylation sites is 3. The van der Waals surface area contributed by atoms with Crippen molar-refractivity contribution in [2.75, 3.05) is 21.3 Å². The molecular formula is C35H32BrO4P. The number of halogens is 1. The first-order valence-corrected chi connectivity index (χ1v) is 15.1. The lowest BCUT2D eigenvalue weighted by Gasteiger charge is -2.30. The number of rotatable bonds is 10. The van der Waals surface area contributed by atoms with Crippen LogP contribution in [0.1, 0.15) is 21.5 Å². The molecule has 4 nitrogen and oxygen atoms in total. The SMILES string of the molecule is COc1ccccc1[P+](Cc1ccc(C(=O)c2ccccc2)cc1)(c1ccccc1OC)c1ccccc1OC.[Br-]. The number of ether oxygens (including phenoxy) is 3. The number of hydrogen-bond acceptors (Lipinski definition) is 4. The van der Waals surface area contributed by atoms with Crippen LogP contribution in [0.5, 0.6) is 17.2 Å². The van der Waals surface area contributed by atoms with Gasteiger partial charge in [0.1, 0.15) is 23.2 Å². The van der Waals surface area contributed by atoms with E-state index in [0.717, 1.165) is 38.7 Å². The summed E-state index contributed by atoms with van der Waals surface area (Å²) in [6.07, 6.45) is 0.675. The summed E-state index contributed by atoms with van der Waals surface area (Å²) in [7, 11) is 2.64. The molecule has 0 atom stereocenters. The number of hydrogen-bond donors (Lipinski definition) is 0. The van der Waals surface area contributed by atoms with Crippen LogP contribution in [0.25, 0.3) is 0 Å². The average Bonchev–Trinajstić information content (AvgIpc) is 3.04. The van der Waals surface area contributed by atoms with Crippen molar-refractivity contribution in [2.24, 2.45) is 0 Å². The maximum Gasteiger partial charge on any atom is 0.193 e. The minimum absolute atomic E-state index is 0. The molecule has 0 aliphatic heterocycles. The van der Waals surface area contributed by atoms with E-state index in [2.05, 4.69) is 48.5 Å². The summed E-state index contributed by atoms with van der Waals surface area (Å²) in [6, 6.07) is 42.0. The molecular weight excluding hydrogens is 595 g/mol. The summed E-state index contributed by atoms with van der Waals surface area (Å²) in [5.41, 5.74) is 2.43. The molecule has 0 amide bonds. The highest BCUT2D eigenvalue weighted by atomic mass is 79.9. The minimum Gasteiger partial charge on any atom is -1.00 e. The molecule has 0 saturated heterocycles. The van der Waals surface area contributed by atoms with Gasteiger partial charge in [-0.2, -0.15) is 0 Å². The molecule has 0 fully saturated rings. The Labute approximate surface area is 253 Å². The zero-order valence-corrected chi connectivity index (χ0v) is 25.8. The first-order chi connectivity index (χ1) is 19.6. The van der Waals surface area contributed by atoms with E-state index in [4.69, 9.17) is 14.2 Å². The number of methoxy groups -OCH3 is 3. The van der Waals surface area contributed by atoms with E-state index in [-0.39, 0.29) is 22.8 Å². The van der Waals surface area contributed by atoms with E-state index in [9.17, 15) is 4.79 Å². The van der Waals surface area contributed by atoms with Crippen LogP contribution in [0.4, 0.5) is 0 Å². The quantitative estimate of drug-likeness (QED) is 0.176. The Kier molecular flexibility index (Phi) is 9.99. The van der Waals surface area contributed by atoms with Crippen molar-refractivity contribution >= 4 is 29.0 Å². The third-order valence-electron chi connectivity index (χ3n) is 7.16. The monoisotopic (exact) mass is 626 g/mol. The van der Waals surface area contributed by atoms with Gasteiger partial charge in [0.15, 0.2) is 23.0 Å². The molecule has 0 unspecified atom stereocenters. The van der Waals surface area contributed by atoms with Crippen molar-refractivity contribution in [3.05, 3.63) is 144 Å². The maximum absolute atomic E-state index is 13.1. The summed E-state index contributed by atoms with van der Waals surface area (Å²) in [4.78, 5) is 13.1. The van der Waals surface area contributed by atoms with Crippen LogP contribution >= 0.6 is 7.26 Å². The van der Waals surface area contributed by atoms with Gasteiger partial charge in [0.05, 0.1) is 27.5 Å². The predicted octanol–water partition coefficient (Wildman–Crippen LogP) is 3.44. The average molecular weight is 628 g/mol. The number of benzene rings is 5. The zero-order valence-electron chi connectivity index (χ0n) is 23.3. The Hall–Kier alpha value is -3.92. The van der Waals surface area contributed by atoms with Gasteiger partial charge in [-0.1, -0.05) is 91.0 Å². The molecule has 0 N–H and O–H groups in total. The smallest absolute Gasteiger partial charge is 0.193 e. The lowest BCUT2D eigenvalue weighted by Crippen LogP contribution is -3.00. The molecule has 208 valence electrons. The highest BCUT2D eigenvalue weighted by Gasteiger charge is 2.51. The van der Waals surface area contributed by atoms with Crippen LogP contribution in [-0.2, 0) is 6.16 Å². The summed E-state index contributed by atoms with van der Waals surface area (Å²) in [6.45, 7) is 0. The molecule has 6 heteroatoms. The van der Waals surface area contributed by atoms with E-state index < -0.39 is 7.26 Å². The Morgan fingerprint density at radius 3 is 1.29 bits per heavy atom. The van der Waals surface area contributed by atoms with E-state index in [1.54, 1.807) is 21.3 Å². The summed E-state index contributed by atoms with van der Waals surface area (Å²) < 4.78 is 17.9. The van der Waals surface area contributed by atoms with Gasteiger partial charge in [-0.05, 0) is 42.0 Å². The van der Waals surface area contributed by atoms with Crippen molar-refractivity contribution in [3.8, 4) is 17.2 Å². The van der Waals surface area contributed by atoms with Crippen molar-refractivity contribution < 1.29 is 36.0 Å². The first kappa shape index (κ1) is 30.0. The topological polar surface area (TPSA) is 44.8 Å². The first-order valence-electron chi connectivity index (χ1n) is 13.1. The van der Waals surface area contributed by atoms with Crippen LogP contribution < -0.4 is 47.1 Å². The maximum atomic E-state index is 13.1. The predicted molar refractivity (Wildman–Crippen MR) is 165 cm³/mol. The van der Waals surface area contributed by atoms with Gasteiger partial charge >= 0.3 is 0 Å². The number of carbonyl (C=O) groups is 1. The molecule has 5 rings (SSSR count). The standard InChI is InChI=1S/C35H32O4P.BrH/c1-37-29-15-7-10-18-32(29)40(33-19-11-8-16-30(33)38-2,34-20-12-9-17-31(34)39-3)25-26-21-23-28(24-22-26)35(36)27-13-5-4-6-14-27;/h4-24H,25H2,1-3H3;1H/q+1;/p-1. The molecule has 0 aliphatic carbocycles. The van der Waals surface area contributed by atoms with Gasteiger partial charge in [0.2, 0.25) is 0 Å². The Balaban J connectivity index is 0.00000387. The summed E-state index contributed by atoms with van der Waals surface area (Å²) >= 11 is 0. The van der Waals surface area contributed by atoms with E-state index in [0.29, 0.717) is 17.3 Å². The highest BCUT2D eigenvalue weighted by molar-refractivity contribution is 7.95. The van der Waals surface area contributed by atoms with Gasteiger partial charge in [-0.15, -0.1) is 0 Å². The number of carbonyl (C=O) groups excluding carboxylic acids is 1. The molecule has 41 heavy (non-hydrogen) atoms. The van der Waals surface area contributed by atoms with Crippen molar-refractivity contribution in [1.29, 1.82) is 0 Å². The van der Waals surface area contributed by atoms with Gasteiger partial charge in [0.25, 0.3) is 0 Å². The van der Waals surface area contributed by atoms with Crippen LogP contribution in [0.15, 0.2) is 127 Å². The normalized spacial score (nSPS) is 10.8. The highest BCUT2D eigenvalue weighted by Crippen LogP contribution is 2.62. The fourth-order valence-corrected chi connectivity index (χ4v) is 9.97. The van der Waals surface area contributed by atoms with Crippen molar-refractivity contribution in [1.82, 2.24) is 0 Å². The van der Waals surface area contributed by atoms with Crippen LogP contribution in [0, 0.1) is 0 Å².